The number of thiophene rings is 1. The van der Waals surface area contributed by atoms with Crippen molar-refractivity contribution in [1.29, 1.82) is 0 Å². The first-order valence-electron chi connectivity index (χ1n) is 11.6. The van der Waals surface area contributed by atoms with Crippen molar-refractivity contribution in [1.82, 2.24) is 4.90 Å². The molecule has 5 nitrogen and oxygen atoms in total. The molecule has 1 aliphatic rings. The van der Waals surface area contributed by atoms with Crippen LogP contribution in [0.1, 0.15) is 45.6 Å². The zero-order valence-electron chi connectivity index (χ0n) is 19.9. The van der Waals surface area contributed by atoms with Gasteiger partial charge < -0.3 is 19.1 Å². The average Bonchev–Trinajstić information content (AvgIpc) is 3.47. The summed E-state index contributed by atoms with van der Waals surface area (Å²) in [6.45, 7) is 7.46. The van der Waals surface area contributed by atoms with E-state index in [1.54, 1.807) is 18.4 Å². The number of fused-ring (bicyclic) bond motifs is 1. The lowest BCUT2D eigenvalue weighted by atomic mass is 9.96. The summed E-state index contributed by atoms with van der Waals surface area (Å²) in [6, 6.07) is 14.9. The van der Waals surface area contributed by atoms with Crippen LogP contribution in [0.2, 0.25) is 0 Å². The second kappa shape index (κ2) is 10.1. The highest BCUT2D eigenvalue weighted by molar-refractivity contribution is 7.13. The summed E-state index contributed by atoms with van der Waals surface area (Å²) in [7, 11) is 1.70. The van der Waals surface area contributed by atoms with E-state index in [0.29, 0.717) is 19.8 Å². The topological polar surface area (TPSA) is 48.0 Å². The van der Waals surface area contributed by atoms with Gasteiger partial charge in [-0.2, -0.15) is 0 Å². The van der Waals surface area contributed by atoms with Gasteiger partial charge in [-0.25, -0.2) is 4.79 Å². The number of hydrogen-bond donors (Lipinski definition) is 0. The highest BCUT2D eigenvalue weighted by Crippen LogP contribution is 2.41. The van der Waals surface area contributed by atoms with Gasteiger partial charge in [-0.1, -0.05) is 30.3 Å². The SMILES string of the molecule is COCCCOc1cc(CN(C(=O)OC(C)(C)C)C2CC2)c(-c2cccs2)c2ccccc12. The zero-order valence-corrected chi connectivity index (χ0v) is 20.7. The molecule has 33 heavy (non-hydrogen) atoms. The minimum Gasteiger partial charge on any atom is -0.493 e. The number of amides is 1. The molecule has 4 rings (SSSR count). The fraction of sp³-hybridized carbons (Fsp3) is 0.444. The third-order valence-electron chi connectivity index (χ3n) is 5.56. The Morgan fingerprint density at radius 2 is 1.85 bits per heavy atom. The Labute approximate surface area is 200 Å². The third kappa shape index (κ3) is 5.87. The van der Waals surface area contributed by atoms with Crippen molar-refractivity contribution in [2.45, 2.75) is 58.2 Å². The first-order chi connectivity index (χ1) is 15.9. The molecule has 1 heterocycles. The average molecular weight is 468 g/mol. The third-order valence-corrected chi connectivity index (χ3v) is 6.45. The van der Waals surface area contributed by atoms with E-state index in [-0.39, 0.29) is 12.1 Å². The molecule has 1 aliphatic carbocycles. The van der Waals surface area contributed by atoms with E-state index in [1.807, 2.05) is 31.7 Å². The minimum absolute atomic E-state index is 0.230. The Bertz CT molecular complexity index is 1080. The molecule has 0 aliphatic heterocycles. The van der Waals surface area contributed by atoms with Crippen LogP contribution in [-0.4, -0.2) is 43.0 Å². The number of ether oxygens (including phenoxy) is 3. The van der Waals surface area contributed by atoms with Crippen LogP contribution in [0.25, 0.3) is 21.2 Å². The quantitative estimate of drug-likeness (QED) is 0.322. The van der Waals surface area contributed by atoms with Crippen molar-refractivity contribution in [3.05, 3.63) is 53.4 Å². The Morgan fingerprint density at radius 3 is 2.48 bits per heavy atom. The van der Waals surface area contributed by atoms with Gasteiger partial charge in [-0.15, -0.1) is 11.3 Å². The zero-order chi connectivity index (χ0) is 23.4. The molecule has 0 unspecified atom stereocenters. The van der Waals surface area contributed by atoms with Crippen LogP contribution in [0.3, 0.4) is 0 Å². The molecular weight excluding hydrogens is 434 g/mol. The number of carbonyl (C=O) groups is 1. The van der Waals surface area contributed by atoms with Gasteiger partial charge in [0, 0.05) is 42.0 Å². The fourth-order valence-electron chi connectivity index (χ4n) is 3.97. The molecule has 176 valence electrons. The highest BCUT2D eigenvalue weighted by Gasteiger charge is 2.36. The molecule has 0 radical (unpaired) electrons. The van der Waals surface area contributed by atoms with E-state index < -0.39 is 5.60 Å². The summed E-state index contributed by atoms with van der Waals surface area (Å²) < 4.78 is 17.2. The first-order valence-corrected chi connectivity index (χ1v) is 12.4. The standard InChI is InChI=1S/C27H33NO4S/c1-27(2,3)32-26(29)28(20-12-13-20)18-19-17-23(31-15-8-14-30-4)21-9-5-6-10-22(21)25(19)24-11-7-16-33-24/h5-7,9-11,16-17,20H,8,12-15,18H2,1-4H3. The van der Waals surface area contributed by atoms with Gasteiger partial charge in [0.1, 0.15) is 11.4 Å². The molecule has 1 fully saturated rings. The van der Waals surface area contributed by atoms with Gasteiger partial charge in [0.25, 0.3) is 0 Å². The van der Waals surface area contributed by atoms with Gasteiger partial charge in [-0.05, 0) is 62.1 Å². The predicted molar refractivity (Wildman–Crippen MR) is 134 cm³/mol. The molecule has 0 bridgehead atoms. The molecule has 0 N–H and O–H groups in total. The number of hydrogen-bond acceptors (Lipinski definition) is 5. The van der Waals surface area contributed by atoms with E-state index in [4.69, 9.17) is 14.2 Å². The molecule has 1 aromatic heterocycles. The van der Waals surface area contributed by atoms with Crippen molar-refractivity contribution in [3.8, 4) is 16.2 Å². The predicted octanol–water partition coefficient (Wildman–Crippen LogP) is 6.88. The normalized spacial score (nSPS) is 13.8. The van der Waals surface area contributed by atoms with Crippen LogP contribution in [0.5, 0.6) is 5.75 Å². The molecule has 0 saturated heterocycles. The summed E-state index contributed by atoms with van der Waals surface area (Å²) in [5.74, 6) is 0.844. The Kier molecular flexibility index (Phi) is 7.25. The monoisotopic (exact) mass is 467 g/mol. The van der Waals surface area contributed by atoms with Gasteiger partial charge in [-0.3, -0.25) is 0 Å². The van der Waals surface area contributed by atoms with E-state index >= 15 is 0 Å². The molecule has 6 heteroatoms. The van der Waals surface area contributed by atoms with Crippen molar-refractivity contribution in [3.63, 3.8) is 0 Å². The van der Waals surface area contributed by atoms with Gasteiger partial charge >= 0.3 is 6.09 Å². The van der Waals surface area contributed by atoms with Crippen LogP contribution >= 0.6 is 11.3 Å². The summed E-state index contributed by atoms with van der Waals surface area (Å²) in [5, 5.41) is 4.31. The first kappa shape index (κ1) is 23.6. The van der Waals surface area contributed by atoms with E-state index in [2.05, 4.69) is 41.8 Å². The van der Waals surface area contributed by atoms with Gasteiger partial charge in [0.2, 0.25) is 0 Å². The van der Waals surface area contributed by atoms with Crippen LogP contribution in [0, 0.1) is 0 Å². The summed E-state index contributed by atoms with van der Waals surface area (Å²) in [4.78, 5) is 16.2. The van der Waals surface area contributed by atoms with Crippen LogP contribution in [-0.2, 0) is 16.0 Å². The fourth-order valence-corrected chi connectivity index (χ4v) is 4.79. The second-order valence-corrected chi connectivity index (χ2v) is 10.4. The molecule has 0 spiro atoms. The van der Waals surface area contributed by atoms with E-state index in [9.17, 15) is 4.79 Å². The number of carbonyl (C=O) groups excluding carboxylic acids is 1. The number of benzene rings is 2. The lowest BCUT2D eigenvalue weighted by molar-refractivity contribution is 0.0217. The molecule has 0 atom stereocenters. The van der Waals surface area contributed by atoms with Gasteiger partial charge in [0.05, 0.1) is 13.2 Å². The number of methoxy groups -OCH3 is 1. The summed E-state index contributed by atoms with van der Waals surface area (Å²) in [5.41, 5.74) is 1.72. The molecule has 3 aromatic rings. The molecule has 1 amide bonds. The van der Waals surface area contributed by atoms with Crippen LogP contribution in [0.4, 0.5) is 4.79 Å². The van der Waals surface area contributed by atoms with Crippen molar-refractivity contribution >= 4 is 28.2 Å². The maximum absolute atomic E-state index is 13.1. The van der Waals surface area contributed by atoms with Crippen molar-refractivity contribution in [2.24, 2.45) is 0 Å². The summed E-state index contributed by atoms with van der Waals surface area (Å²) >= 11 is 1.71. The smallest absolute Gasteiger partial charge is 0.410 e. The lowest BCUT2D eigenvalue weighted by Gasteiger charge is -2.28. The summed E-state index contributed by atoms with van der Waals surface area (Å²) in [6.07, 6.45) is 2.60. The van der Waals surface area contributed by atoms with Crippen molar-refractivity contribution in [2.75, 3.05) is 20.3 Å². The molecule has 2 aromatic carbocycles. The van der Waals surface area contributed by atoms with E-state index in [1.165, 1.54) is 10.4 Å². The Morgan fingerprint density at radius 1 is 1.09 bits per heavy atom. The second-order valence-electron chi connectivity index (χ2n) is 9.47. The minimum atomic E-state index is -0.528. The highest BCUT2D eigenvalue weighted by atomic mass is 32.1. The number of nitrogens with zero attached hydrogens (tertiary/aromatic N) is 1. The van der Waals surface area contributed by atoms with Crippen LogP contribution < -0.4 is 4.74 Å². The molecule has 1 saturated carbocycles. The lowest BCUT2D eigenvalue weighted by Crippen LogP contribution is -2.38. The largest absolute Gasteiger partial charge is 0.493 e. The maximum Gasteiger partial charge on any atom is 0.410 e. The molecular formula is C27H33NO4S. The van der Waals surface area contributed by atoms with Crippen molar-refractivity contribution < 1.29 is 19.0 Å². The number of rotatable bonds is 9. The Balaban J connectivity index is 1.76. The van der Waals surface area contributed by atoms with Crippen LogP contribution in [0.15, 0.2) is 47.8 Å². The van der Waals surface area contributed by atoms with Gasteiger partial charge in [0.15, 0.2) is 0 Å². The van der Waals surface area contributed by atoms with E-state index in [0.717, 1.165) is 41.3 Å². The maximum atomic E-state index is 13.1. The Hall–Kier alpha value is -2.57.